The van der Waals surface area contributed by atoms with E-state index in [4.69, 9.17) is 9.47 Å². The number of H-pyrrole nitrogens is 1. The number of para-hydroxylation sites is 1. The zero-order chi connectivity index (χ0) is 18.0. The number of methoxy groups -OCH3 is 2. The Bertz CT molecular complexity index is 923. The van der Waals surface area contributed by atoms with Crippen LogP contribution in [-0.2, 0) is 0 Å². The third-order valence-corrected chi connectivity index (χ3v) is 4.78. The van der Waals surface area contributed by atoms with Gasteiger partial charge in [-0.05, 0) is 45.3 Å². The summed E-state index contributed by atoms with van der Waals surface area (Å²) >= 11 is 3.46. The summed E-state index contributed by atoms with van der Waals surface area (Å²) in [5, 5.41) is 12.3. The van der Waals surface area contributed by atoms with Gasteiger partial charge in [-0.25, -0.2) is 0 Å². The van der Waals surface area contributed by atoms with Crippen LogP contribution in [0.1, 0.15) is 17.0 Å². The zero-order valence-electron chi connectivity index (χ0n) is 13.8. The average Bonchev–Trinajstić information content (AvgIpc) is 3.02. The lowest BCUT2D eigenvalue weighted by Crippen LogP contribution is -2.14. The molecule has 3 rings (SSSR count). The van der Waals surface area contributed by atoms with E-state index < -0.39 is 5.92 Å². The maximum absolute atomic E-state index is 11.3. The molecule has 0 saturated carbocycles. The molecular weight excluding hydrogens is 388 g/mol. The Balaban J connectivity index is 2.17. The van der Waals surface area contributed by atoms with Gasteiger partial charge in [0.05, 0.1) is 24.6 Å². The van der Waals surface area contributed by atoms with Crippen LogP contribution in [0, 0.1) is 10.1 Å². The first-order chi connectivity index (χ1) is 12.0. The number of hydrogen-bond donors (Lipinski definition) is 1. The average molecular weight is 405 g/mol. The van der Waals surface area contributed by atoms with Crippen LogP contribution in [-0.4, -0.2) is 30.7 Å². The summed E-state index contributed by atoms with van der Waals surface area (Å²) in [5.41, 5.74) is 2.61. The Hall–Kier alpha value is -2.54. The molecule has 0 aliphatic rings. The van der Waals surface area contributed by atoms with Gasteiger partial charge in [-0.2, -0.15) is 0 Å². The van der Waals surface area contributed by atoms with Gasteiger partial charge < -0.3 is 14.5 Å². The van der Waals surface area contributed by atoms with Crippen molar-refractivity contribution in [1.29, 1.82) is 0 Å². The van der Waals surface area contributed by atoms with Crippen LogP contribution in [0.3, 0.4) is 0 Å². The van der Waals surface area contributed by atoms with Gasteiger partial charge in [0.1, 0.15) is 0 Å². The highest BCUT2D eigenvalue weighted by atomic mass is 79.9. The summed E-state index contributed by atoms with van der Waals surface area (Å²) in [6, 6.07) is 11.4. The van der Waals surface area contributed by atoms with Crippen LogP contribution in [0.15, 0.2) is 47.1 Å². The molecule has 7 heteroatoms. The lowest BCUT2D eigenvalue weighted by atomic mass is 9.90. The fraction of sp³-hybridized carbons (Fsp3) is 0.222. The van der Waals surface area contributed by atoms with Gasteiger partial charge in [-0.1, -0.05) is 18.2 Å². The number of aromatic nitrogens is 1. The normalized spacial score (nSPS) is 12.1. The highest BCUT2D eigenvalue weighted by molar-refractivity contribution is 9.10. The highest BCUT2D eigenvalue weighted by Gasteiger charge is 2.25. The molecule has 0 spiro atoms. The molecule has 6 nitrogen and oxygen atoms in total. The first-order valence-corrected chi connectivity index (χ1v) is 8.43. The Morgan fingerprint density at radius 2 is 2.00 bits per heavy atom. The number of ether oxygens (including phenoxy) is 2. The van der Waals surface area contributed by atoms with Gasteiger partial charge in [-0.15, -0.1) is 0 Å². The molecule has 130 valence electrons. The molecule has 0 aliphatic heterocycles. The number of halogens is 1. The van der Waals surface area contributed by atoms with Gasteiger partial charge in [0.15, 0.2) is 11.5 Å². The monoisotopic (exact) mass is 404 g/mol. The summed E-state index contributed by atoms with van der Waals surface area (Å²) in [7, 11) is 3.10. The molecule has 0 amide bonds. The van der Waals surface area contributed by atoms with E-state index in [1.165, 1.54) is 0 Å². The van der Waals surface area contributed by atoms with Crippen molar-refractivity contribution >= 4 is 26.8 Å². The fourth-order valence-electron chi connectivity index (χ4n) is 3.05. The SMILES string of the molecule is COc1cc([C@H](C[N+](=O)[O-])c2c[nH]c3ccccc23)cc(Br)c1OC. The van der Waals surface area contributed by atoms with Crippen LogP contribution in [0.25, 0.3) is 10.9 Å². The summed E-state index contributed by atoms with van der Waals surface area (Å²) in [6.07, 6.45) is 1.84. The Morgan fingerprint density at radius 3 is 2.68 bits per heavy atom. The molecule has 25 heavy (non-hydrogen) atoms. The van der Waals surface area contributed by atoms with Crippen molar-refractivity contribution in [2.75, 3.05) is 20.8 Å². The van der Waals surface area contributed by atoms with Gasteiger partial charge in [0, 0.05) is 22.0 Å². The number of fused-ring (bicyclic) bond motifs is 1. The van der Waals surface area contributed by atoms with Crippen molar-refractivity contribution in [3.8, 4) is 11.5 Å². The lowest BCUT2D eigenvalue weighted by Gasteiger charge is -2.17. The molecule has 0 unspecified atom stereocenters. The number of aromatic amines is 1. The van der Waals surface area contributed by atoms with E-state index in [-0.39, 0.29) is 11.5 Å². The van der Waals surface area contributed by atoms with E-state index in [9.17, 15) is 10.1 Å². The van der Waals surface area contributed by atoms with E-state index >= 15 is 0 Å². The van der Waals surface area contributed by atoms with Gasteiger partial charge >= 0.3 is 0 Å². The predicted molar refractivity (Wildman–Crippen MR) is 99.2 cm³/mol. The number of nitro groups is 1. The number of rotatable bonds is 6. The van der Waals surface area contributed by atoms with E-state index in [1.54, 1.807) is 20.3 Å². The molecule has 0 fully saturated rings. The van der Waals surface area contributed by atoms with Crippen molar-refractivity contribution < 1.29 is 14.4 Å². The van der Waals surface area contributed by atoms with Crippen molar-refractivity contribution in [3.63, 3.8) is 0 Å². The molecule has 0 radical (unpaired) electrons. The maximum Gasteiger partial charge on any atom is 0.214 e. The van der Waals surface area contributed by atoms with Crippen LogP contribution < -0.4 is 9.47 Å². The molecule has 0 aliphatic carbocycles. The first-order valence-electron chi connectivity index (χ1n) is 7.64. The predicted octanol–water partition coefficient (Wildman–Crippen LogP) is 4.36. The van der Waals surface area contributed by atoms with Crippen LogP contribution in [0.4, 0.5) is 0 Å². The molecule has 0 saturated heterocycles. The van der Waals surface area contributed by atoms with Crippen molar-refractivity contribution in [1.82, 2.24) is 4.98 Å². The Kier molecular flexibility index (Phi) is 4.94. The third kappa shape index (κ3) is 3.32. The van der Waals surface area contributed by atoms with Crippen LogP contribution in [0.5, 0.6) is 11.5 Å². The number of benzene rings is 2. The summed E-state index contributed by atoms with van der Waals surface area (Å²) in [6.45, 7) is -0.218. The second kappa shape index (κ2) is 7.14. The largest absolute Gasteiger partial charge is 0.493 e. The van der Waals surface area contributed by atoms with E-state index in [1.807, 2.05) is 36.5 Å². The molecule has 0 bridgehead atoms. The Labute approximate surface area is 153 Å². The van der Waals surface area contributed by atoms with Crippen molar-refractivity contribution in [2.45, 2.75) is 5.92 Å². The molecule has 3 aromatic rings. The molecule has 2 aromatic carbocycles. The van der Waals surface area contributed by atoms with E-state index in [0.717, 1.165) is 22.0 Å². The summed E-state index contributed by atoms with van der Waals surface area (Å²) in [4.78, 5) is 14.2. The summed E-state index contributed by atoms with van der Waals surface area (Å²) in [5.74, 6) is 0.673. The van der Waals surface area contributed by atoms with Gasteiger partial charge in [0.2, 0.25) is 6.54 Å². The van der Waals surface area contributed by atoms with Crippen LogP contribution in [0.2, 0.25) is 0 Å². The third-order valence-electron chi connectivity index (χ3n) is 4.19. The number of nitrogens with zero attached hydrogens (tertiary/aromatic N) is 1. The molecule has 1 atom stereocenters. The van der Waals surface area contributed by atoms with Crippen molar-refractivity contribution in [3.05, 3.63) is 68.3 Å². The maximum atomic E-state index is 11.3. The minimum Gasteiger partial charge on any atom is -0.493 e. The number of hydrogen-bond acceptors (Lipinski definition) is 4. The lowest BCUT2D eigenvalue weighted by molar-refractivity contribution is -0.481. The number of nitrogens with one attached hydrogen (secondary N) is 1. The quantitative estimate of drug-likeness (QED) is 0.489. The second-order valence-electron chi connectivity index (χ2n) is 5.60. The molecule has 1 heterocycles. The fourth-order valence-corrected chi connectivity index (χ4v) is 3.68. The minimum atomic E-state index is -0.415. The smallest absolute Gasteiger partial charge is 0.214 e. The van der Waals surface area contributed by atoms with E-state index in [0.29, 0.717) is 16.0 Å². The zero-order valence-corrected chi connectivity index (χ0v) is 15.4. The topological polar surface area (TPSA) is 77.4 Å². The standard InChI is InChI=1S/C18H17BrN2O4/c1-24-17-8-11(7-15(19)18(17)25-2)14(10-21(22)23)13-9-20-16-6-4-3-5-12(13)16/h3-9,14,20H,10H2,1-2H3/t14-/m0/s1. The van der Waals surface area contributed by atoms with E-state index in [2.05, 4.69) is 20.9 Å². The first kappa shape index (κ1) is 17.3. The van der Waals surface area contributed by atoms with Gasteiger partial charge in [0.25, 0.3) is 0 Å². The minimum absolute atomic E-state index is 0.218. The molecule has 1 N–H and O–H groups in total. The van der Waals surface area contributed by atoms with Crippen LogP contribution >= 0.6 is 15.9 Å². The second-order valence-corrected chi connectivity index (χ2v) is 6.45. The summed E-state index contributed by atoms with van der Waals surface area (Å²) < 4.78 is 11.4. The van der Waals surface area contributed by atoms with Gasteiger partial charge in [-0.3, -0.25) is 10.1 Å². The van der Waals surface area contributed by atoms with Crippen molar-refractivity contribution in [2.24, 2.45) is 0 Å². The molecular formula is C18H17BrN2O4. The molecule has 1 aromatic heterocycles. The Morgan fingerprint density at radius 1 is 1.24 bits per heavy atom. The highest BCUT2D eigenvalue weighted by Crippen LogP contribution is 2.40.